The van der Waals surface area contributed by atoms with E-state index < -0.39 is 17.6 Å². The molecule has 1 aromatic carbocycles. The number of aliphatic imine (C=N–C) groups is 1. The Hall–Kier alpha value is -2.51. The van der Waals surface area contributed by atoms with Crippen LogP contribution < -0.4 is 10.7 Å². The normalized spacial score (nSPS) is 13.7. The van der Waals surface area contributed by atoms with Gasteiger partial charge < -0.3 is 0 Å². The molecule has 2 aromatic rings. The number of alkyl halides is 3. The Morgan fingerprint density at radius 3 is 2.68 bits per heavy atom. The first-order valence-electron chi connectivity index (χ1n) is 6.24. The van der Waals surface area contributed by atoms with Crippen molar-refractivity contribution >= 4 is 19.0 Å². The van der Waals surface area contributed by atoms with Crippen LogP contribution in [0.5, 0.6) is 0 Å². The molecule has 0 N–H and O–H groups in total. The number of nitrogens with zero attached hydrogens (tertiary/aromatic N) is 4. The Morgan fingerprint density at radius 1 is 1.36 bits per heavy atom. The van der Waals surface area contributed by atoms with Crippen molar-refractivity contribution in [3.63, 3.8) is 0 Å². The molecule has 0 unspecified atom stereocenters. The summed E-state index contributed by atoms with van der Waals surface area (Å²) in [5, 5.41) is 8.52. The highest BCUT2D eigenvalue weighted by atomic mass is 19.4. The number of aromatic nitrogens is 3. The topological polar surface area (TPSA) is 43.1 Å². The first-order chi connectivity index (χ1) is 10.4. The Labute approximate surface area is 123 Å². The van der Waals surface area contributed by atoms with Crippen molar-refractivity contribution < 1.29 is 17.6 Å². The van der Waals surface area contributed by atoms with Crippen molar-refractivity contribution in [2.24, 2.45) is 4.99 Å². The molecule has 0 fully saturated rings. The Morgan fingerprint density at radius 2 is 2.09 bits per heavy atom. The van der Waals surface area contributed by atoms with Crippen molar-refractivity contribution in [1.82, 2.24) is 15.0 Å². The molecule has 0 aliphatic carbocycles. The van der Waals surface area contributed by atoms with E-state index in [1.54, 1.807) is 13.0 Å². The molecule has 2 rings (SSSR count). The van der Waals surface area contributed by atoms with Crippen LogP contribution in [0, 0.1) is 5.82 Å². The summed E-state index contributed by atoms with van der Waals surface area (Å²) < 4.78 is 53.4. The summed E-state index contributed by atoms with van der Waals surface area (Å²) in [6, 6.07) is 2.55. The molecule has 116 valence electrons. The number of halogens is 4. The summed E-state index contributed by atoms with van der Waals surface area (Å²) in [7, 11) is 0. The second-order valence-electron chi connectivity index (χ2n) is 4.42. The molecule has 8 heteroatoms. The molecule has 0 saturated carbocycles. The molecule has 22 heavy (non-hydrogen) atoms. The van der Waals surface area contributed by atoms with Crippen LogP contribution in [-0.2, 0) is 12.7 Å². The molecular formula is C14H12F4N4. The third kappa shape index (κ3) is 3.21. The average Bonchev–Trinajstić information content (AvgIpc) is 2.82. The van der Waals surface area contributed by atoms with Crippen molar-refractivity contribution in [1.29, 1.82) is 0 Å². The number of benzene rings is 1. The van der Waals surface area contributed by atoms with E-state index in [4.69, 9.17) is 0 Å². The first kappa shape index (κ1) is 15.9. The maximum Gasteiger partial charge on any atom is 0.416 e. The highest BCUT2D eigenvalue weighted by molar-refractivity contribution is 5.36. The Balaban J connectivity index is 2.54. The average molecular weight is 312 g/mol. The Bertz CT molecular complexity index is 805. The summed E-state index contributed by atoms with van der Waals surface area (Å²) in [6.07, 6.45) is -1.65. The molecule has 0 bridgehead atoms. The number of hydrogen-bond acceptors (Lipinski definition) is 3. The minimum absolute atomic E-state index is 0.0972. The maximum absolute atomic E-state index is 13.1. The second-order valence-corrected chi connectivity index (χ2v) is 4.42. The molecule has 1 aromatic heterocycles. The first-order valence-corrected chi connectivity index (χ1v) is 6.24. The highest BCUT2D eigenvalue weighted by Crippen LogP contribution is 2.32. The van der Waals surface area contributed by atoms with Crippen LogP contribution in [0.25, 0.3) is 12.3 Å². The largest absolute Gasteiger partial charge is 0.416 e. The number of hydrogen-bond donors (Lipinski definition) is 0. The van der Waals surface area contributed by atoms with Gasteiger partial charge in [-0.15, -0.1) is 5.10 Å². The zero-order valence-electron chi connectivity index (χ0n) is 11.6. The van der Waals surface area contributed by atoms with Crippen molar-refractivity contribution in [3.8, 4) is 0 Å². The molecule has 4 nitrogen and oxygen atoms in total. The summed E-state index contributed by atoms with van der Waals surface area (Å²) in [5.74, 6) is -0.943. The summed E-state index contributed by atoms with van der Waals surface area (Å²) >= 11 is 0. The van der Waals surface area contributed by atoms with E-state index in [0.29, 0.717) is 16.8 Å². The standard InChI is InChI=1S/C14H12F4N4/c1-3-13-12(7-19-2)20-21-22(13)8-9-4-5-10(15)6-11(9)14(16,17)18/h3-7H,2,8H2,1H3/b12-7+,13-3+. The predicted molar refractivity (Wildman–Crippen MR) is 73.9 cm³/mol. The minimum atomic E-state index is -4.65. The molecule has 0 aliphatic rings. The van der Waals surface area contributed by atoms with Gasteiger partial charge in [-0.3, -0.25) is 4.99 Å². The molecule has 0 saturated heterocycles. The van der Waals surface area contributed by atoms with Crippen LogP contribution in [-0.4, -0.2) is 21.7 Å². The van der Waals surface area contributed by atoms with Gasteiger partial charge in [0.2, 0.25) is 0 Å². The van der Waals surface area contributed by atoms with Crippen LogP contribution in [0.4, 0.5) is 17.6 Å². The fraction of sp³-hybridized carbons (Fsp3) is 0.214. The molecule has 0 amide bonds. The van der Waals surface area contributed by atoms with Gasteiger partial charge in [0, 0.05) is 0 Å². The van der Waals surface area contributed by atoms with Crippen LogP contribution in [0.2, 0.25) is 0 Å². The summed E-state index contributed by atoms with van der Waals surface area (Å²) in [6.45, 7) is 4.81. The van der Waals surface area contributed by atoms with E-state index in [2.05, 4.69) is 22.0 Å². The van der Waals surface area contributed by atoms with E-state index in [1.807, 2.05) is 0 Å². The second kappa shape index (κ2) is 6.08. The fourth-order valence-corrected chi connectivity index (χ4v) is 2.04. The van der Waals surface area contributed by atoms with Gasteiger partial charge in [-0.25, -0.2) is 9.07 Å². The van der Waals surface area contributed by atoms with Gasteiger partial charge in [0.1, 0.15) is 11.2 Å². The van der Waals surface area contributed by atoms with E-state index in [-0.39, 0.29) is 12.1 Å². The van der Waals surface area contributed by atoms with Gasteiger partial charge in [-0.05, 0) is 31.3 Å². The molecule has 0 aliphatic heterocycles. The van der Waals surface area contributed by atoms with Gasteiger partial charge in [0.15, 0.2) is 0 Å². The highest BCUT2D eigenvalue weighted by Gasteiger charge is 2.33. The van der Waals surface area contributed by atoms with Crippen molar-refractivity contribution in [2.75, 3.05) is 0 Å². The molecular weight excluding hydrogens is 300 g/mol. The van der Waals surface area contributed by atoms with Crippen LogP contribution in [0.15, 0.2) is 23.2 Å². The minimum Gasteiger partial charge on any atom is -0.270 e. The van der Waals surface area contributed by atoms with Gasteiger partial charge in [0.05, 0.1) is 23.7 Å². The molecule has 0 radical (unpaired) electrons. The number of rotatable bonds is 3. The maximum atomic E-state index is 13.1. The third-order valence-corrected chi connectivity index (χ3v) is 2.99. The van der Waals surface area contributed by atoms with Gasteiger partial charge in [0.25, 0.3) is 0 Å². The lowest BCUT2D eigenvalue weighted by Crippen LogP contribution is -2.30. The molecule has 0 atom stereocenters. The van der Waals surface area contributed by atoms with Gasteiger partial charge >= 0.3 is 6.18 Å². The zero-order valence-corrected chi connectivity index (χ0v) is 11.6. The quantitative estimate of drug-likeness (QED) is 0.640. The summed E-state index contributed by atoms with van der Waals surface area (Å²) in [4.78, 5) is 3.56. The van der Waals surface area contributed by atoms with E-state index >= 15 is 0 Å². The lowest BCUT2D eigenvalue weighted by Gasteiger charge is -2.12. The third-order valence-electron chi connectivity index (χ3n) is 2.99. The van der Waals surface area contributed by atoms with Crippen molar-refractivity contribution in [2.45, 2.75) is 19.6 Å². The van der Waals surface area contributed by atoms with Crippen LogP contribution >= 0.6 is 0 Å². The zero-order chi connectivity index (χ0) is 16.3. The van der Waals surface area contributed by atoms with Crippen LogP contribution in [0.1, 0.15) is 18.1 Å². The van der Waals surface area contributed by atoms with Crippen LogP contribution in [0.3, 0.4) is 0 Å². The monoisotopic (exact) mass is 312 g/mol. The van der Waals surface area contributed by atoms with Gasteiger partial charge in [-0.2, -0.15) is 13.2 Å². The fourth-order valence-electron chi connectivity index (χ4n) is 2.04. The lowest BCUT2D eigenvalue weighted by atomic mass is 10.1. The SMILES string of the molecule is C=N/C=c1/nnn(Cc2ccc(F)cc2C(F)(F)F)/c1=C/C. The van der Waals surface area contributed by atoms with E-state index in [0.717, 1.165) is 12.1 Å². The van der Waals surface area contributed by atoms with Gasteiger partial charge in [-0.1, -0.05) is 17.4 Å². The lowest BCUT2D eigenvalue weighted by molar-refractivity contribution is -0.138. The van der Waals surface area contributed by atoms with E-state index in [9.17, 15) is 17.6 Å². The molecule has 0 spiro atoms. The van der Waals surface area contributed by atoms with E-state index in [1.165, 1.54) is 10.9 Å². The smallest absolute Gasteiger partial charge is 0.270 e. The van der Waals surface area contributed by atoms with Crippen molar-refractivity contribution in [3.05, 3.63) is 45.8 Å². The molecule has 1 heterocycles. The summed E-state index contributed by atoms with van der Waals surface area (Å²) in [5.41, 5.74) is -1.13. The Kier molecular flexibility index (Phi) is 4.39. The predicted octanol–water partition coefficient (Wildman–Crippen LogP) is 1.72.